The van der Waals surface area contributed by atoms with E-state index in [1.165, 1.54) is 13.0 Å². The molecule has 0 rings (SSSR count). The molecular formula is C5H10NO4P. The first-order chi connectivity index (χ1) is 4.77. The lowest BCUT2D eigenvalue weighted by Crippen LogP contribution is -2.22. The van der Waals surface area contributed by atoms with Crippen molar-refractivity contribution in [3.63, 3.8) is 0 Å². The molecule has 0 aromatic carbocycles. The van der Waals surface area contributed by atoms with Gasteiger partial charge in [-0.2, -0.15) is 5.26 Å². The highest BCUT2D eigenvalue weighted by molar-refractivity contribution is 7.51. The molecule has 64 valence electrons. The Balaban J connectivity index is 3.93. The van der Waals surface area contributed by atoms with Gasteiger partial charge in [0, 0.05) is 6.42 Å². The van der Waals surface area contributed by atoms with Crippen molar-refractivity contribution in [3.8, 4) is 6.07 Å². The van der Waals surface area contributed by atoms with Crippen molar-refractivity contribution in [2.75, 3.05) is 6.16 Å². The van der Waals surface area contributed by atoms with Crippen LogP contribution in [0.25, 0.3) is 0 Å². The molecule has 0 heterocycles. The number of hydrogen-bond acceptors (Lipinski definition) is 3. The van der Waals surface area contributed by atoms with Gasteiger partial charge in [0.15, 0.2) is 0 Å². The van der Waals surface area contributed by atoms with Crippen LogP contribution in [0, 0.1) is 11.3 Å². The molecule has 0 saturated heterocycles. The molecule has 1 atom stereocenters. The summed E-state index contributed by atoms with van der Waals surface area (Å²) in [4.78, 5) is 16.7. The van der Waals surface area contributed by atoms with Crippen LogP contribution in [0.5, 0.6) is 0 Å². The van der Waals surface area contributed by atoms with E-state index in [1.807, 2.05) is 0 Å². The summed E-state index contributed by atoms with van der Waals surface area (Å²) in [6, 6.07) is 1.53. The van der Waals surface area contributed by atoms with Crippen LogP contribution in [0.3, 0.4) is 0 Å². The minimum atomic E-state index is -4.09. The van der Waals surface area contributed by atoms with Gasteiger partial charge in [-0.3, -0.25) is 4.57 Å². The highest BCUT2D eigenvalue weighted by Crippen LogP contribution is 2.36. The van der Waals surface area contributed by atoms with E-state index in [0.717, 1.165) is 0 Å². The zero-order chi connectivity index (χ0) is 9.12. The lowest BCUT2D eigenvalue weighted by atomic mass is 10.1. The van der Waals surface area contributed by atoms with Gasteiger partial charge in [-0.1, -0.05) is 0 Å². The minimum Gasteiger partial charge on any atom is -0.376 e. The van der Waals surface area contributed by atoms with Gasteiger partial charge in [0.25, 0.3) is 0 Å². The van der Waals surface area contributed by atoms with Crippen LogP contribution in [-0.2, 0) is 4.57 Å². The van der Waals surface area contributed by atoms with Crippen molar-refractivity contribution >= 4 is 7.60 Å². The molecule has 0 aromatic heterocycles. The Morgan fingerprint density at radius 3 is 2.36 bits per heavy atom. The summed E-state index contributed by atoms with van der Waals surface area (Å²) >= 11 is 0. The first-order valence-electron chi connectivity index (χ1n) is 2.95. The van der Waals surface area contributed by atoms with E-state index >= 15 is 0 Å². The first-order valence-corrected chi connectivity index (χ1v) is 4.75. The highest BCUT2D eigenvalue weighted by Gasteiger charge is 2.24. The molecule has 5 nitrogen and oxygen atoms in total. The molecule has 0 aliphatic heterocycles. The van der Waals surface area contributed by atoms with Gasteiger partial charge in [0.1, 0.15) is 5.60 Å². The summed E-state index contributed by atoms with van der Waals surface area (Å²) in [5.74, 6) is 0. The lowest BCUT2D eigenvalue weighted by molar-refractivity contribution is 0.114. The van der Waals surface area contributed by atoms with Gasteiger partial charge in [-0.05, 0) is 6.92 Å². The Hall–Kier alpha value is -0.400. The fraction of sp³-hybridized carbons (Fsp3) is 0.800. The van der Waals surface area contributed by atoms with Crippen LogP contribution >= 0.6 is 7.60 Å². The summed E-state index contributed by atoms with van der Waals surface area (Å²) in [5.41, 5.74) is -1.64. The van der Waals surface area contributed by atoms with E-state index in [-0.39, 0.29) is 6.42 Å². The maximum atomic E-state index is 10.3. The summed E-state index contributed by atoms with van der Waals surface area (Å²) in [6.07, 6.45) is -0.679. The molecule has 0 aliphatic rings. The molecule has 0 bridgehead atoms. The van der Waals surface area contributed by atoms with Crippen LogP contribution < -0.4 is 0 Å². The van der Waals surface area contributed by atoms with Crippen LogP contribution in [-0.4, -0.2) is 26.7 Å². The number of hydrogen-bond donors (Lipinski definition) is 3. The largest absolute Gasteiger partial charge is 0.376 e. The van der Waals surface area contributed by atoms with Crippen molar-refractivity contribution in [1.82, 2.24) is 0 Å². The second-order valence-corrected chi connectivity index (χ2v) is 4.30. The third-order valence-corrected chi connectivity index (χ3v) is 1.94. The normalized spacial score (nSPS) is 17.0. The summed E-state index contributed by atoms with van der Waals surface area (Å²) < 4.78 is 10.3. The second kappa shape index (κ2) is 3.33. The molecule has 1 unspecified atom stereocenters. The number of nitriles is 1. The zero-order valence-corrected chi connectivity index (χ0v) is 6.95. The van der Waals surface area contributed by atoms with Gasteiger partial charge in [0.05, 0.1) is 12.2 Å². The third-order valence-electron chi connectivity index (χ3n) is 1.13. The molecule has 0 aromatic rings. The Labute approximate surface area is 64.4 Å². The molecule has 6 heteroatoms. The molecule has 11 heavy (non-hydrogen) atoms. The Bertz CT molecular complexity index is 213. The maximum absolute atomic E-state index is 10.3. The summed E-state index contributed by atoms with van der Waals surface area (Å²) in [5, 5.41) is 17.2. The summed E-state index contributed by atoms with van der Waals surface area (Å²) in [7, 11) is -4.09. The van der Waals surface area contributed by atoms with E-state index in [9.17, 15) is 4.57 Å². The van der Waals surface area contributed by atoms with Crippen molar-refractivity contribution in [2.24, 2.45) is 0 Å². The van der Waals surface area contributed by atoms with Crippen LogP contribution in [0.4, 0.5) is 0 Å². The molecule has 0 radical (unpaired) electrons. The number of aliphatic hydroxyl groups is 1. The minimum absolute atomic E-state index is 0.215. The van der Waals surface area contributed by atoms with Gasteiger partial charge in [-0.15, -0.1) is 0 Å². The van der Waals surface area contributed by atoms with E-state index < -0.39 is 19.4 Å². The van der Waals surface area contributed by atoms with Crippen LogP contribution in [0.2, 0.25) is 0 Å². The average Bonchev–Trinajstić information content (AvgIpc) is 1.83. The van der Waals surface area contributed by atoms with Gasteiger partial charge >= 0.3 is 7.60 Å². The van der Waals surface area contributed by atoms with Crippen LogP contribution in [0.15, 0.2) is 0 Å². The SMILES string of the molecule is CC(O)(C#N)CCP(=O)(O)O. The second-order valence-electron chi connectivity index (χ2n) is 2.52. The van der Waals surface area contributed by atoms with Gasteiger partial charge in [0.2, 0.25) is 0 Å². The summed E-state index contributed by atoms with van der Waals surface area (Å²) in [6.45, 7) is 1.21. The smallest absolute Gasteiger partial charge is 0.325 e. The molecule has 3 N–H and O–H groups in total. The zero-order valence-electron chi connectivity index (χ0n) is 6.06. The van der Waals surface area contributed by atoms with E-state index in [4.69, 9.17) is 20.2 Å². The number of nitrogens with zero attached hydrogens (tertiary/aromatic N) is 1. The van der Waals surface area contributed by atoms with Crippen molar-refractivity contribution in [1.29, 1.82) is 5.26 Å². The van der Waals surface area contributed by atoms with Crippen molar-refractivity contribution in [2.45, 2.75) is 18.9 Å². The van der Waals surface area contributed by atoms with E-state index in [2.05, 4.69) is 0 Å². The maximum Gasteiger partial charge on any atom is 0.325 e. The Kier molecular flexibility index (Phi) is 3.21. The third kappa shape index (κ3) is 6.02. The lowest BCUT2D eigenvalue weighted by Gasteiger charge is -2.13. The predicted molar refractivity (Wildman–Crippen MR) is 37.8 cm³/mol. The monoisotopic (exact) mass is 179 g/mol. The number of rotatable bonds is 3. The average molecular weight is 179 g/mol. The van der Waals surface area contributed by atoms with E-state index in [1.54, 1.807) is 0 Å². The predicted octanol–water partition coefficient (Wildman–Crippen LogP) is -0.171. The molecule has 0 saturated carbocycles. The Morgan fingerprint density at radius 1 is 1.64 bits per heavy atom. The molecule has 0 fully saturated rings. The fourth-order valence-corrected chi connectivity index (χ4v) is 1.15. The van der Waals surface area contributed by atoms with Crippen molar-refractivity contribution in [3.05, 3.63) is 0 Å². The topological polar surface area (TPSA) is 102 Å². The highest BCUT2D eigenvalue weighted by atomic mass is 31.2. The molecule has 0 aliphatic carbocycles. The first kappa shape index (κ1) is 10.6. The van der Waals surface area contributed by atoms with Crippen molar-refractivity contribution < 1.29 is 19.5 Å². The molecule has 0 spiro atoms. The Morgan fingerprint density at radius 2 is 2.09 bits per heavy atom. The van der Waals surface area contributed by atoms with Crippen LogP contribution in [0.1, 0.15) is 13.3 Å². The molecule has 0 amide bonds. The molecular weight excluding hydrogens is 169 g/mol. The van der Waals surface area contributed by atoms with Gasteiger partial charge < -0.3 is 14.9 Å². The standard InChI is InChI=1S/C5H10NO4P/c1-5(7,4-6)2-3-11(8,9)10/h7H,2-3H2,1H3,(H2,8,9,10). The van der Waals surface area contributed by atoms with E-state index in [0.29, 0.717) is 0 Å². The van der Waals surface area contributed by atoms with Gasteiger partial charge in [-0.25, -0.2) is 0 Å². The quantitative estimate of drug-likeness (QED) is 0.412. The fourth-order valence-electron chi connectivity index (χ4n) is 0.419.